The number of likely N-dealkylation sites (tertiary alicyclic amines) is 1. The molecule has 3 aromatic carbocycles. The molecule has 47 heavy (non-hydrogen) atoms. The van der Waals surface area contributed by atoms with Gasteiger partial charge in [0.2, 0.25) is 11.8 Å². The molecule has 3 aromatic rings. The summed E-state index contributed by atoms with van der Waals surface area (Å²) in [6.07, 6.45) is 1.92. The summed E-state index contributed by atoms with van der Waals surface area (Å²) in [5.41, 5.74) is 1.63. The van der Waals surface area contributed by atoms with Crippen LogP contribution in [0.5, 0.6) is 5.75 Å². The molecule has 0 saturated carbocycles. The van der Waals surface area contributed by atoms with Crippen LogP contribution in [0.15, 0.2) is 72.8 Å². The fraction of sp³-hybridized carbons (Fsp3) is 0.432. The highest BCUT2D eigenvalue weighted by Crippen LogP contribution is 2.40. The highest BCUT2D eigenvalue weighted by molar-refractivity contribution is 6.34. The fourth-order valence-electron chi connectivity index (χ4n) is 6.56. The Morgan fingerprint density at radius 2 is 1.64 bits per heavy atom. The Balaban J connectivity index is 1.55. The first kappa shape index (κ1) is 35.9. The van der Waals surface area contributed by atoms with Gasteiger partial charge < -0.3 is 25.0 Å². The number of anilines is 1. The first-order valence-electron chi connectivity index (χ1n) is 16.1. The average molecular weight is 663 g/mol. The van der Waals surface area contributed by atoms with Gasteiger partial charge in [-0.3, -0.25) is 19.3 Å². The van der Waals surface area contributed by atoms with Crippen LogP contribution >= 0.6 is 11.6 Å². The zero-order valence-electron chi connectivity index (χ0n) is 28.2. The molecule has 2 N–H and O–H groups in total. The van der Waals surface area contributed by atoms with Gasteiger partial charge in [-0.15, -0.1) is 0 Å². The van der Waals surface area contributed by atoms with Gasteiger partial charge in [0.05, 0.1) is 35.5 Å². The number of halogens is 1. The number of hydrogen-bond acceptors (Lipinski definition) is 6. The highest BCUT2D eigenvalue weighted by atomic mass is 35.5. The molecule has 1 saturated heterocycles. The van der Waals surface area contributed by atoms with Crippen molar-refractivity contribution >= 4 is 35.0 Å². The van der Waals surface area contributed by atoms with Gasteiger partial charge in [0.25, 0.3) is 5.91 Å². The molecule has 4 rings (SSSR count). The Hall–Kier alpha value is -3.92. The molecule has 3 amide bonds. The average Bonchev–Trinajstić information content (AvgIpc) is 3.08. The number of ether oxygens (including phenoxy) is 2. The zero-order chi connectivity index (χ0) is 34.1. The van der Waals surface area contributed by atoms with Crippen molar-refractivity contribution in [3.8, 4) is 5.75 Å². The standard InChI is InChI=1S/C37H47ClN4O5/c1-7-14-34(43)39-31-21-28(32(46-5)22-29(31)38)35(44)40-30-19-20-42(24-33(30)47-6)25(2)23-37(36(45)41(3)4,26-15-10-8-11-16-26)27-17-12-9-13-18-27/h8-13,15-18,21-22,25,30,33H,7,14,19-20,23-24H2,1-6H3,(H,39,43)(H,40,44)/t25?,30-,33+/m0/s1. The maximum absolute atomic E-state index is 14.2. The van der Waals surface area contributed by atoms with Gasteiger partial charge in [-0.25, -0.2) is 0 Å². The van der Waals surface area contributed by atoms with Crippen molar-refractivity contribution in [2.24, 2.45) is 0 Å². The van der Waals surface area contributed by atoms with Gasteiger partial charge in [-0.1, -0.05) is 79.2 Å². The lowest BCUT2D eigenvalue weighted by molar-refractivity contribution is -0.134. The zero-order valence-corrected chi connectivity index (χ0v) is 29.0. The summed E-state index contributed by atoms with van der Waals surface area (Å²) in [4.78, 5) is 44.1. The van der Waals surface area contributed by atoms with Crippen molar-refractivity contribution in [1.82, 2.24) is 15.1 Å². The largest absolute Gasteiger partial charge is 0.496 e. The van der Waals surface area contributed by atoms with Gasteiger partial charge in [0, 0.05) is 52.8 Å². The molecule has 0 radical (unpaired) electrons. The molecule has 1 fully saturated rings. The van der Waals surface area contributed by atoms with E-state index < -0.39 is 5.41 Å². The van der Waals surface area contributed by atoms with Crippen LogP contribution in [0.25, 0.3) is 0 Å². The van der Waals surface area contributed by atoms with Crippen molar-refractivity contribution in [3.05, 3.63) is 94.5 Å². The van der Waals surface area contributed by atoms with Gasteiger partial charge in [-0.05, 0) is 43.4 Å². The Kier molecular flexibility index (Phi) is 12.4. The topological polar surface area (TPSA) is 100 Å². The summed E-state index contributed by atoms with van der Waals surface area (Å²) in [7, 11) is 6.73. The van der Waals surface area contributed by atoms with E-state index in [2.05, 4.69) is 22.5 Å². The van der Waals surface area contributed by atoms with E-state index in [1.165, 1.54) is 13.2 Å². The third kappa shape index (κ3) is 8.15. The smallest absolute Gasteiger partial charge is 0.255 e. The van der Waals surface area contributed by atoms with Crippen LogP contribution in [0.3, 0.4) is 0 Å². The number of benzene rings is 3. The molecule has 0 bridgehead atoms. The summed E-state index contributed by atoms with van der Waals surface area (Å²) in [5, 5.41) is 6.22. The predicted octanol–water partition coefficient (Wildman–Crippen LogP) is 5.76. The number of hydrogen-bond donors (Lipinski definition) is 2. The second-order valence-corrected chi connectivity index (χ2v) is 12.8. The molecule has 3 atom stereocenters. The number of likely N-dealkylation sites (N-methyl/N-ethyl adjacent to an activating group) is 1. The van der Waals surface area contributed by atoms with Crippen LogP contribution in [0, 0.1) is 0 Å². The second-order valence-electron chi connectivity index (χ2n) is 12.4. The lowest BCUT2D eigenvalue weighted by atomic mass is 9.69. The van der Waals surface area contributed by atoms with Crippen molar-refractivity contribution in [1.29, 1.82) is 0 Å². The fourth-order valence-corrected chi connectivity index (χ4v) is 6.76. The van der Waals surface area contributed by atoms with Crippen LogP contribution in [0.2, 0.25) is 5.02 Å². The minimum atomic E-state index is -0.894. The summed E-state index contributed by atoms with van der Waals surface area (Å²) in [6.45, 7) is 5.33. The lowest BCUT2D eigenvalue weighted by Gasteiger charge is -2.44. The molecule has 0 aliphatic carbocycles. The Labute approximate surface area is 283 Å². The van der Waals surface area contributed by atoms with Crippen molar-refractivity contribution in [2.45, 2.75) is 63.1 Å². The number of nitrogens with one attached hydrogen (secondary N) is 2. The van der Waals surface area contributed by atoms with Crippen LogP contribution < -0.4 is 15.4 Å². The quantitative estimate of drug-likeness (QED) is 0.242. The van der Waals surface area contributed by atoms with E-state index in [0.29, 0.717) is 50.2 Å². The van der Waals surface area contributed by atoms with Crippen LogP contribution in [-0.2, 0) is 19.7 Å². The summed E-state index contributed by atoms with van der Waals surface area (Å²) >= 11 is 6.40. The maximum atomic E-state index is 14.2. The molecule has 0 aromatic heterocycles. The molecule has 0 spiro atoms. The first-order chi connectivity index (χ1) is 22.5. The molecule has 10 heteroatoms. The number of nitrogens with zero attached hydrogens (tertiary/aromatic N) is 2. The first-order valence-corrected chi connectivity index (χ1v) is 16.5. The van der Waals surface area contributed by atoms with E-state index in [9.17, 15) is 14.4 Å². The number of carbonyl (C=O) groups excluding carboxylic acids is 3. The Morgan fingerprint density at radius 1 is 1.02 bits per heavy atom. The lowest BCUT2D eigenvalue weighted by Crippen LogP contribution is -2.58. The monoisotopic (exact) mass is 662 g/mol. The van der Waals surface area contributed by atoms with Gasteiger partial charge in [-0.2, -0.15) is 0 Å². The van der Waals surface area contributed by atoms with E-state index in [1.807, 2.05) is 67.6 Å². The van der Waals surface area contributed by atoms with Crippen LogP contribution in [-0.4, -0.2) is 87.1 Å². The minimum absolute atomic E-state index is 0.000682. The molecule has 9 nitrogen and oxygen atoms in total. The normalized spacial score (nSPS) is 17.4. The SMILES string of the molecule is CCCC(=O)Nc1cc(C(=O)N[C@H]2CCN(C(C)CC(C(=O)N(C)C)(c3ccccc3)c3ccccc3)C[C@H]2OC)c(OC)cc1Cl. The van der Waals surface area contributed by atoms with E-state index in [0.717, 1.165) is 11.1 Å². The molecular weight excluding hydrogens is 616 g/mol. The van der Waals surface area contributed by atoms with Gasteiger partial charge in [0.1, 0.15) is 11.2 Å². The van der Waals surface area contributed by atoms with E-state index in [1.54, 1.807) is 32.2 Å². The third-order valence-electron chi connectivity index (χ3n) is 9.02. The van der Waals surface area contributed by atoms with E-state index in [4.69, 9.17) is 21.1 Å². The minimum Gasteiger partial charge on any atom is -0.496 e. The third-order valence-corrected chi connectivity index (χ3v) is 9.34. The summed E-state index contributed by atoms with van der Waals surface area (Å²) in [6, 6.07) is 22.8. The Bertz CT molecular complexity index is 1480. The van der Waals surface area contributed by atoms with Crippen molar-refractivity contribution < 1.29 is 23.9 Å². The molecule has 1 heterocycles. The molecule has 1 unspecified atom stereocenters. The summed E-state index contributed by atoms with van der Waals surface area (Å²) in [5.74, 6) is -0.191. The van der Waals surface area contributed by atoms with E-state index in [-0.39, 0.29) is 46.5 Å². The molecular formula is C37H47ClN4O5. The number of carbonyl (C=O) groups is 3. The number of amides is 3. The van der Waals surface area contributed by atoms with Crippen LogP contribution in [0.4, 0.5) is 5.69 Å². The maximum Gasteiger partial charge on any atom is 0.255 e. The summed E-state index contributed by atoms with van der Waals surface area (Å²) < 4.78 is 11.4. The van der Waals surface area contributed by atoms with E-state index >= 15 is 0 Å². The van der Waals surface area contributed by atoms with Gasteiger partial charge >= 0.3 is 0 Å². The molecule has 1 aliphatic rings. The Morgan fingerprint density at radius 3 is 2.17 bits per heavy atom. The van der Waals surface area contributed by atoms with Crippen molar-refractivity contribution in [3.63, 3.8) is 0 Å². The second kappa shape index (κ2) is 16.3. The van der Waals surface area contributed by atoms with Crippen molar-refractivity contribution in [2.75, 3.05) is 46.7 Å². The molecule has 1 aliphatic heterocycles. The number of rotatable bonds is 13. The molecule has 252 valence electrons. The number of piperidine rings is 1. The van der Waals surface area contributed by atoms with Gasteiger partial charge in [0.15, 0.2) is 0 Å². The van der Waals surface area contributed by atoms with Crippen LogP contribution in [0.1, 0.15) is 61.0 Å². The predicted molar refractivity (Wildman–Crippen MR) is 186 cm³/mol. The number of methoxy groups -OCH3 is 2. The highest BCUT2D eigenvalue weighted by Gasteiger charge is 2.45.